The number of imidazole rings is 1. The third kappa shape index (κ3) is 4.97. The van der Waals surface area contributed by atoms with Gasteiger partial charge in [0, 0.05) is 31.1 Å². The molecule has 2 amide bonds. The molecule has 1 saturated heterocycles. The Morgan fingerprint density at radius 1 is 1.14 bits per heavy atom. The second-order valence-electron chi connectivity index (χ2n) is 9.14. The highest BCUT2D eigenvalue weighted by Crippen LogP contribution is 2.29. The summed E-state index contributed by atoms with van der Waals surface area (Å²) in [7, 11) is 1.61. The number of hydrogen-bond donors (Lipinski definition) is 1. The molecule has 0 saturated carbocycles. The first-order valence-corrected chi connectivity index (χ1v) is 12.1. The van der Waals surface area contributed by atoms with E-state index in [1.54, 1.807) is 30.5 Å². The summed E-state index contributed by atoms with van der Waals surface area (Å²) in [4.78, 5) is 32.1. The fourth-order valence-corrected chi connectivity index (χ4v) is 4.86. The van der Waals surface area contributed by atoms with E-state index in [1.807, 2.05) is 28.8 Å². The van der Waals surface area contributed by atoms with Crippen molar-refractivity contribution in [2.24, 2.45) is 5.92 Å². The van der Waals surface area contributed by atoms with E-state index in [4.69, 9.17) is 9.47 Å². The minimum absolute atomic E-state index is 0.00684. The Balaban J connectivity index is 1.15. The van der Waals surface area contributed by atoms with Crippen LogP contribution in [0, 0.1) is 11.7 Å². The molecule has 1 aromatic heterocycles. The van der Waals surface area contributed by atoms with Gasteiger partial charge in [0.15, 0.2) is 5.69 Å². The summed E-state index contributed by atoms with van der Waals surface area (Å²) in [6.45, 7) is 2.16. The molecule has 1 N–H and O–H groups in total. The average molecular weight is 493 g/mol. The number of likely N-dealkylation sites (tertiary alicyclic amines) is 1. The Morgan fingerprint density at radius 3 is 2.64 bits per heavy atom. The predicted octanol–water partition coefficient (Wildman–Crippen LogP) is 3.47. The number of piperidine rings is 1. The number of fused-ring (bicyclic) bond motifs is 1. The number of aromatic nitrogens is 2. The zero-order chi connectivity index (χ0) is 25.1. The van der Waals surface area contributed by atoms with Crippen LogP contribution in [0.5, 0.6) is 5.75 Å². The fourth-order valence-electron chi connectivity index (χ4n) is 4.86. The predicted molar refractivity (Wildman–Crippen MR) is 130 cm³/mol. The van der Waals surface area contributed by atoms with Crippen molar-refractivity contribution in [2.75, 3.05) is 20.2 Å². The normalized spacial score (nSPS) is 17.9. The highest BCUT2D eigenvalue weighted by Gasteiger charge is 2.32. The van der Waals surface area contributed by atoms with Crippen molar-refractivity contribution in [1.29, 1.82) is 0 Å². The highest BCUT2D eigenvalue weighted by molar-refractivity contribution is 5.93. The molecule has 8 nitrogen and oxygen atoms in total. The SMILES string of the molecule is COc1ccccc1CNC(=O)C1CCN(C(=O)c2ncn3c2COC(c2ccc(F)cc2)C3)CC1. The van der Waals surface area contributed by atoms with E-state index in [2.05, 4.69) is 10.3 Å². The van der Waals surface area contributed by atoms with Gasteiger partial charge in [-0.25, -0.2) is 9.37 Å². The van der Waals surface area contributed by atoms with Gasteiger partial charge >= 0.3 is 0 Å². The minimum Gasteiger partial charge on any atom is -0.496 e. The minimum atomic E-state index is -0.288. The van der Waals surface area contributed by atoms with Gasteiger partial charge in [-0.2, -0.15) is 0 Å². The van der Waals surface area contributed by atoms with E-state index < -0.39 is 0 Å². The van der Waals surface area contributed by atoms with Crippen LogP contribution in [0.15, 0.2) is 54.9 Å². The lowest BCUT2D eigenvalue weighted by Crippen LogP contribution is -2.43. The standard InChI is InChI=1S/C27H29FN4O4/c1-35-23-5-3-2-4-20(23)14-29-26(33)19-10-12-31(13-11-19)27(34)25-22-16-36-24(15-32(22)17-30-25)18-6-8-21(28)9-7-18/h2-9,17,19,24H,10-16H2,1H3,(H,29,33). The van der Waals surface area contributed by atoms with Gasteiger partial charge in [0.05, 0.1) is 32.3 Å². The average Bonchev–Trinajstić information content (AvgIpc) is 3.35. The summed E-state index contributed by atoms with van der Waals surface area (Å²) in [5, 5.41) is 3.00. The van der Waals surface area contributed by atoms with Crippen molar-refractivity contribution in [3.05, 3.63) is 83.2 Å². The summed E-state index contributed by atoms with van der Waals surface area (Å²) < 4.78 is 26.5. The lowest BCUT2D eigenvalue weighted by Gasteiger charge is -2.31. The molecule has 0 bridgehead atoms. The molecule has 2 aliphatic rings. The van der Waals surface area contributed by atoms with Crippen LogP contribution in [0.4, 0.5) is 4.39 Å². The van der Waals surface area contributed by atoms with Crippen LogP contribution in [0.1, 0.15) is 46.3 Å². The lowest BCUT2D eigenvalue weighted by atomic mass is 9.95. The van der Waals surface area contributed by atoms with E-state index in [9.17, 15) is 14.0 Å². The Hall–Kier alpha value is -3.72. The number of benzene rings is 2. The number of amides is 2. The smallest absolute Gasteiger partial charge is 0.274 e. The van der Waals surface area contributed by atoms with Crippen LogP contribution in [0.2, 0.25) is 0 Å². The molecule has 0 spiro atoms. The van der Waals surface area contributed by atoms with E-state index in [-0.39, 0.29) is 36.3 Å². The zero-order valence-electron chi connectivity index (χ0n) is 20.2. The number of hydrogen-bond acceptors (Lipinski definition) is 5. The summed E-state index contributed by atoms with van der Waals surface area (Å²) in [5.74, 6) is 0.172. The maximum Gasteiger partial charge on any atom is 0.274 e. The summed E-state index contributed by atoms with van der Waals surface area (Å²) >= 11 is 0. The highest BCUT2D eigenvalue weighted by atomic mass is 19.1. The molecule has 188 valence electrons. The first-order valence-electron chi connectivity index (χ1n) is 12.1. The van der Waals surface area contributed by atoms with Gasteiger partial charge in [0.2, 0.25) is 5.91 Å². The monoisotopic (exact) mass is 492 g/mol. The molecule has 2 aliphatic heterocycles. The fraction of sp³-hybridized carbons (Fsp3) is 0.370. The molecule has 1 unspecified atom stereocenters. The quantitative estimate of drug-likeness (QED) is 0.570. The van der Waals surface area contributed by atoms with E-state index in [0.29, 0.717) is 44.7 Å². The number of nitrogens with zero attached hydrogens (tertiary/aromatic N) is 3. The molecular formula is C27H29FN4O4. The Kier molecular flexibility index (Phi) is 6.99. The molecule has 3 aromatic rings. The van der Waals surface area contributed by atoms with E-state index in [0.717, 1.165) is 22.6 Å². The zero-order valence-corrected chi connectivity index (χ0v) is 20.2. The van der Waals surface area contributed by atoms with Crippen molar-refractivity contribution < 1.29 is 23.5 Å². The van der Waals surface area contributed by atoms with Crippen molar-refractivity contribution in [2.45, 2.75) is 38.6 Å². The molecule has 1 fully saturated rings. The second-order valence-corrected chi connectivity index (χ2v) is 9.14. The van der Waals surface area contributed by atoms with Crippen LogP contribution in [-0.4, -0.2) is 46.5 Å². The number of nitrogens with one attached hydrogen (secondary N) is 1. The van der Waals surface area contributed by atoms with Gasteiger partial charge in [-0.3, -0.25) is 9.59 Å². The van der Waals surface area contributed by atoms with Crippen LogP contribution in [-0.2, 0) is 29.2 Å². The van der Waals surface area contributed by atoms with Gasteiger partial charge in [-0.1, -0.05) is 30.3 Å². The Morgan fingerprint density at radius 2 is 1.89 bits per heavy atom. The summed E-state index contributed by atoms with van der Waals surface area (Å²) in [6, 6.07) is 13.9. The molecular weight excluding hydrogens is 463 g/mol. The Bertz CT molecular complexity index is 1230. The number of carbonyl (C=O) groups is 2. The van der Waals surface area contributed by atoms with Gasteiger partial charge in [-0.05, 0) is 36.6 Å². The van der Waals surface area contributed by atoms with Crippen LogP contribution < -0.4 is 10.1 Å². The number of halogens is 1. The Labute approximate surface area is 209 Å². The van der Waals surface area contributed by atoms with E-state index >= 15 is 0 Å². The van der Waals surface area contributed by atoms with Crippen molar-refractivity contribution in [3.8, 4) is 5.75 Å². The summed E-state index contributed by atoms with van der Waals surface area (Å²) in [6.07, 6.45) is 2.64. The maximum atomic E-state index is 13.2. The topological polar surface area (TPSA) is 85.7 Å². The molecule has 0 aliphatic carbocycles. The van der Waals surface area contributed by atoms with Crippen LogP contribution >= 0.6 is 0 Å². The number of methoxy groups -OCH3 is 1. The van der Waals surface area contributed by atoms with Crippen molar-refractivity contribution >= 4 is 11.8 Å². The number of para-hydroxylation sites is 1. The van der Waals surface area contributed by atoms with Gasteiger partial charge in [0.25, 0.3) is 5.91 Å². The first kappa shape index (κ1) is 24.0. The van der Waals surface area contributed by atoms with Crippen LogP contribution in [0.25, 0.3) is 0 Å². The number of rotatable bonds is 6. The van der Waals surface area contributed by atoms with Gasteiger partial charge < -0.3 is 24.3 Å². The maximum absolute atomic E-state index is 13.2. The molecule has 3 heterocycles. The molecule has 2 aromatic carbocycles. The second kappa shape index (κ2) is 10.5. The van der Waals surface area contributed by atoms with Gasteiger partial charge in [-0.15, -0.1) is 0 Å². The third-order valence-corrected chi connectivity index (χ3v) is 6.97. The van der Waals surface area contributed by atoms with Crippen LogP contribution in [0.3, 0.4) is 0 Å². The molecule has 0 radical (unpaired) electrons. The molecule has 5 rings (SSSR count). The largest absolute Gasteiger partial charge is 0.496 e. The van der Waals surface area contributed by atoms with Crippen molar-refractivity contribution in [3.63, 3.8) is 0 Å². The third-order valence-electron chi connectivity index (χ3n) is 6.97. The first-order chi connectivity index (χ1) is 17.5. The van der Waals surface area contributed by atoms with Crippen molar-refractivity contribution in [1.82, 2.24) is 19.8 Å². The molecule has 36 heavy (non-hydrogen) atoms. The molecule has 9 heteroatoms. The lowest BCUT2D eigenvalue weighted by molar-refractivity contribution is -0.126. The summed E-state index contributed by atoms with van der Waals surface area (Å²) in [5.41, 5.74) is 2.95. The number of ether oxygens (including phenoxy) is 2. The molecule has 1 atom stereocenters. The number of carbonyl (C=O) groups excluding carboxylic acids is 2. The van der Waals surface area contributed by atoms with Gasteiger partial charge in [0.1, 0.15) is 17.7 Å². The van der Waals surface area contributed by atoms with E-state index in [1.165, 1.54) is 12.1 Å².